The van der Waals surface area contributed by atoms with Gasteiger partial charge in [0.2, 0.25) is 0 Å². The van der Waals surface area contributed by atoms with E-state index in [0.717, 1.165) is 0 Å². The summed E-state index contributed by atoms with van der Waals surface area (Å²) in [5.41, 5.74) is 1.12. The molecular formula is C27H30ClFN6O5S. The van der Waals surface area contributed by atoms with Crippen LogP contribution in [-0.4, -0.2) is 101 Å². The molecule has 0 saturated carbocycles. The van der Waals surface area contributed by atoms with Crippen LogP contribution < -0.4 is 5.32 Å². The Morgan fingerprint density at radius 2 is 2.12 bits per heavy atom. The Morgan fingerprint density at radius 3 is 2.85 bits per heavy atom. The van der Waals surface area contributed by atoms with E-state index in [-0.39, 0.29) is 35.7 Å². The first-order valence-corrected chi connectivity index (χ1v) is 14.6. The maximum absolute atomic E-state index is 14.5. The molecular weight excluding hydrogens is 575 g/mol. The SMILES string of the molecule is CCOC(=O)C1=C(CN2CCN3C(=O)N(CCCC(=O)O)CC3C2)NC(c2nccs2)=NC1c1cccc(F)c1Cl. The smallest absolute Gasteiger partial charge is 0.338 e. The van der Waals surface area contributed by atoms with Crippen molar-refractivity contribution in [3.05, 3.63) is 62.5 Å². The van der Waals surface area contributed by atoms with Gasteiger partial charge in [-0.1, -0.05) is 23.7 Å². The third-order valence-corrected chi connectivity index (χ3v) is 8.43. The summed E-state index contributed by atoms with van der Waals surface area (Å²) >= 11 is 7.76. The van der Waals surface area contributed by atoms with Gasteiger partial charge in [-0.25, -0.2) is 19.0 Å². The standard InChI is InChI=1S/C27H30ClFN6O5S/c1-2-40-26(38)21-19(15-33-10-11-35-16(13-33)14-34(27(35)39)9-4-7-20(36)37)31-24(25-30-8-12-41-25)32-23(21)17-5-3-6-18(29)22(17)28/h3,5-6,8,12,16,23H,2,4,7,9-11,13-15H2,1H3,(H,31,32)(H,36,37). The van der Waals surface area contributed by atoms with Crippen molar-refractivity contribution in [3.8, 4) is 0 Å². The lowest BCUT2D eigenvalue weighted by atomic mass is 9.95. The zero-order valence-electron chi connectivity index (χ0n) is 22.4. The van der Waals surface area contributed by atoms with Gasteiger partial charge in [-0.3, -0.25) is 14.7 Å². The molecule has 0 spiro atoms. The van der Waals surface area contributed by atoms with Crippen LogP contribution in [0.3, 0.4) is 0 Å². The van der Waals surface area contributed by atoms with E-state index in [9.17, 15) is 18.8 Å². The van der Waals surface area contributed by atoms with E-state index in [1.807, 2.05) is 10.3 Å². The molecule has 41 heavy (non-hydrogen) atoms. The number of esters is 1. The highest BCUT2D eigenvalue weighted by Crippen LogP contribution is 2.37. The number of aromatic nitrogens is 1. The van der Waals surface area contributed by atoms with E-state index in [2.05, 4.69) is 15.2 Å². The Balaban J connectivity index is 1.43. The summed E-state index contributed by atoms with van der Waals surface area (Å²) < 4.78 is 20.0. The maximum atomic E-state index is 14.5. The number of amides is 2. The second kappa shape index (κ2) is 12.5. The first-order valence-electron chi connectivity index (χ1n) is 13.3. The van der Waals surface area contributed by atoms with Crippen molar-refractivity contribution >= 4 is 46.7 Å². The quantitative estimate of drug-likeness (QED) is 0.396. The number of nitrogens with one attached hydrogen (secondary N) is 1. The minimum absolute atomic E-state index is 0.0104. The van der Waals surface area contributed by atoms with E-state index in [1.54, 1.807) is 24.1 Å². The number of hydrogen-bond donors (Lipinski definition) is 2. The zero-order chi connectivity index (χ0) is 29.1. The molecule has 0 radical (unpaired) electrons. The van der Waals surface area contributed by atoms with Gasteiger partial charge in [0.1, 0.15) is 11.9 Å². The molecule has 2 N–H and O–H groups in total. The van der Waals surface area contributed by atoms with Gasteiger partial charge in [0.05, 0.1) is 23.2 Å². The van der Waals surface area contributed by atoms with Gasteiger partial charge in [-0.15, -0.1) is 11.3 Å². The van der Waals surface area contributed by atoms with Crippen molar-refractivity contribution in [2.75, 3.05) is 45.9 Å². The molecule has 11 nitrogen and oxygen atoms in total. The first kappa shape index (κ1) is 29.0. The number of nitrogens with zero attached hydrogens (tertiary/aromatic N) is 5. The van der Waals surface area contributed by atoms with Gasteiger partial charge in [-0.05, 0) is 19.4 Å². The first-order chi connectivity index (χ1) is 19.8. The van der Waals surface area contributed by atoms with Crippen LogP contribution in [0.15, 0.2) is 46.0 Å². The van der Waals surface area contributed by atoms with Crippen LogP contribution in [0.2, 0.25) is 5.02 Å². The lowest BCUT2D eigenvalue weighted by molar-refractivity contribution is -0.139. The molecule has 4 heterocycles. The molecule has 2 saturated heterocycles. The van der Waals surface area contributed by atoms with Crippen LogP contribution in [0.1, 0.15) is 36.4 Å². The minimum Gasteiger partial charge on any atom is -0.481 e. The van der Waals surface area contributed by atoms with Crippen molar-refractivity contribution in [2.24, 2.45) is 4.99 Å². The van der Waals surface area contributed by atoms with Crippen LogP contribution in [0.5, 0.6) is 0 Å². The van der Waals surface area contributed by atoms with Crippen molar-refractivity contribution in [3.63, 3.8) is 0 Å². The Bertz CT molecular complexity index is 1390. The molecule has 2 fully saturated rings. The third kappa shape index (κ3) is 6.21. The second-order valence-corrected chi connectivity index (χ2v) is 11.2. The van der Waals surface area contributed by atoms with Gasteiger partial charge < -0.3 is 25.0 Å². The molecule has 1 aromatic heterocycles. The monoisotopic (exact) mass is 604 g/mol. The summed E-state index contributed by atoms with van der Waals surface area (Å²) in [5.74, 6) is -1.65. The number of carboxylic acid groups (broad SMARTS) is 1. The molecule has 2 atom stereocenters. The van der Waals surface area contributed by atoms with Gasteiger partial charge >= 0.3 is 18.0 Å². The Labute approximate surface area is 245 Å². The number of amidine groups is 1. The summed E-state index contributed by atoms with van der Waals surface area (Å²) in [4.78, 5) is 52.0. The van der Waals surface area contributed by atoms with Gasteiger partial charge in [-0.2, -0.15) is 0 Å². The van der Waals surface area contributed by atoms with E-state index < -0.39 is 23.8 Å². The molecule has 218 valence electrons. The number of piperazine rings is 1. The van der Waals surface area contributed by atoms with Gasteiger partial charge in [0.25, 0.3) is 0 Å². The highest BCUT2D eigenvalue weighted by Gasteiger charge is 2.41. The molecule has 1 aromatic carbocycles. The number of benzene rings is 1. The van der Waals surface area contributed by atoms with Gasteiger partial charge in [0.15, 0.2) is 10.8 Å². The summed E-state index contributed by atoms with van der Waals surface area (Å²) in [6, 6.07) is 3.34. The molecule has 2 amide bonds. The Kier molecular flexibility index (Phi) is 8.85. The topological polar surface area (TPSA) is 128 Å². The largest absolute Gasteiger partial charge is 0.481 e. The van der Waals surface area contributed by atoms with Crippen LogP contribution in [0.4, 0.5) is 9.18 Å². The zero-order valence-corrected chi connectivity index (χ0v) is 24.0. The number of aliphatic imine (C=N–C) groups is 1. The molecule has 3 aliphatic heterocycles. The van der Waals surface area contributed by atoms with Crippen molar-refractivity contribution in [1.29, 1.82) is 0 Å². The van der Waals surface area contributed by atoms with Crippen LogP contribution in [0, 0.1) is 5.82 Å². The predicted molar refractivity (Wildman–Crippen MR) is 150 cm³/mol. The minimum atomic E-state index is -0.925. The highest BCUT2D eigenvalue weighted by atomic mass is 35.5. The molecule has 2 aromatic rings. The second-order valence-electron chi connectivity index (χ2n) is 9.91. The van der Waals surface area contributed by atoms with Crippen LogP contribution in [0.25, 0.3) is 0 Å². The molecule has 0 bridgehead atoms. The average Bonchev–Trinajstić information content (AvgIpc) is 3.58. The fourth-order valence-corrected chi connectivity index (χ4v) is 6.21. The number of carboxylic acids is 1. The number of halogens is 2. The number of urea groups is 1. The number of ether oxygens (including phenoxy) is 1. The normalized spacial score (nSPS) is 21.0. The number of hydrogen-bond acceptors (Lipinski definition) is 9. The number of carbonyl (C=O) groups excluding carboxylic acids is 2. The lowest BCUT2D eigenvalue weighted by Crippen LogP contribution is -2.53. The van der Waals surface area contributed by atoms with Crippen molar-refractivity contribution in [1.82, 2.24) is 25.0 Å². The predicted octanol–water partition coefficient (Wildman–Crippen LogP) is 3.13. The van der Waals surface area contributed by atoms with Gasteiger partial charge in [0, 0.05) is 68.5 Å². The van der Waals surface area contributed by atoms with E-state index in [1.165, 1.54) is 23.5 Å². The van der Waals surface area contributed by atoms with E-state index >= 15 is 0 Å². The van der Waals surface area contributed by atoms with E-state index in [0.29, 0.717) is 67.8 Å². The highest BCUT2D eigenvalue weighted by molar-refractivity contribution is 7.11. The number of aliphatic carboxylic acids is 1. The molecule has 5 rings (SSSR count). The molecule has 3 aliphatic rings. The maximum Gasteiger partial charge on any atom is 0.338 e. The number of carbonyl (C=O) groups is 3. The van der Waals surface area contributed by atoms with Crippen LogP contribution >= 0.6 is 22.9 Å². The summed E-state index contributed by atoms with van der Waals surface area (Å²) in [5, 5.41) is 14.5. The number of rotatable bonds is 10. The molecule has 14 heteroatoms. The Hall–Kier alpha value is -3.55. The third-order valence-electron chi connectivity index (χ3n) is 7.25. The Morgan fingerprint density at radius 1 is 1.29 bits per heavy atom. The number of thiazole rings is 1. The summed E-state index contributed by atoms with van der Waals surface area (Å²) in [7, 11) is 0. The van der Waals surface area contributed by atoms with Crippen LogP contribution in [-0.2, 0) is 14.3 Å². The van der Waals surface area contributed by atoms with Crippen molar-refractivity contribution < 1.29 is 28.6 Å². The van der Waals surface area contributed by atoms with Crippen molar-refractivity contribution in [2.45, 2.75) is 31.8 Å². The summed E-state index contributed by atoms with van der Waals surface area (Å²) in [6.07, 6.45) is 2.06. The fraction of sp³-hybridized carbons (Fsp3) is 0.444. The number of fused-ring (bicyclic) bond motifs is 1. The fourth-order valence-electron chi connectivity index (χ4n) is 5.39. The summed E-state index contributed by atoms with van der Waals surface area (Å²) in [6.45, 7) is 4.66. The lowest BCUT2D eigenvalue weighted by Gasteiger charge is -2.38. The molecule has 2 unspecified atom stereocenters. The van der Waals surface area contributed by atoms with E-state index in [4.69, 9.17) is 26.4 Å². The molecule has 0 aliphatic carbocycles. The average molecular weight is 605 g/mol.